The Balaban J connectivity index is 1.31. The molecule has 1 heterocycles. The van der Waals surface area contributed by atoms with E-state index in [0.29, 0.717) is 18.7 Å². The van der Waals surface area contributed by atoms with Gasteiger partial charge in [-0.05, 0) is 43.2 Å². The van der Waals surface area contributed by atoms with Gasteiger partial charge in [-0.3, -0.25) is 9.69 Å². The molecule has 1 aliphatic heterocycles. The maximum Gasteiger partial charge on any atom is 0.237 e. The van der Waals surface area contributed by atoms with Gasteiger partial charge in [-0.2, -0.15) is 0 Å². The van der Waals surface area contributed by atoms with Crippen LogP contribution in [0.2, 0.25) is 0 Å². The van der Waals surface area contributed by atoms with E-state index in [-0.39, 0.29) is 17.8 Å². The summed E-state index contributed by atoms with van der Waals surface area (Å²) in [6.45, 7) is 4.22. The largest absolute Gasteiger partial charge is 0.497 e. The molecule has 4 rings (SSSR count). The number of rotatable bonds is 7. The SMILES string of the molecule is COc1ccc(N2CCN(CC(=O)N(Cc3ccccc3F)C3CC3)CC2)cc1. The van der Waals surface area contributed by atoms with Gasteiger partial charge in [-0.1, -0.05) is 18.2 Å². The molecule has 2 aliphatic rings. The molecular weight excluding hydrogens is 369 g/mol. The molecular formula is C23H28FN3O2. The number of halogens is 1. The van der Waals surface area contributed by atoms with Gasteiger partial charge in [0.2, 0.25) is 5.91 Å². The molecule has 2 aromatic rings. The maximum absolute atomic E-state index is 14.0. The van der Waals surface area contributed by atoms with Crippen LogP contribution >= 0.6 is 0 Å². The Morgan fingerprint density at radius 1 is 1.07 bits per heavy atom. The van der Waals surface area contributed by atoms with Crippen LogP contribution in [0.1, 0.15) is 18.4 Å². The van der Waals surface area contributed by atoms with E-state index in [4.69, 9.17) is 4.74 Å². The number of amides is 1. The number of carbonyl (C=O) groups excluding carboxylic acids is 1. The number of nitrogens with zero attached hydrogens (tertiary/aromatic N) is 3. The van der Waals surface area contributed by atoms with Crippen molar-refractivity contribution in [1.82, 2.24) is 9.80 Å². The monoisotopic (exact) mass is 397 g/mol. The van der Waals surface area contributed by atoms with Crippen molar-refractivity contribution in [2.24, 2.45) is 0 Å². The summed E-state index contributed by atoms with van der Waals surface area (Å²) in [5.41, 5.74) is 1.77. The Morgan fingerprint density at radius 2 is 1.76 bits per heavy atom. The molecule has 2 fully saturated rings. The molecule has 6 heteroatoms. The summed E-state index contributed by atoms with van der Waals surface area (Å²) in [4.78, 5) is 19.4. The van der Waals surface area contributed by atoms with Gasteiger partial charge < -0.3 is 14.5 Å². The lowest BCUT2D eigenvalue weighted by molar-refractivity contribution is -0.133. The van der Waals surface area contributed by atoms with Gasteiger partial charge in [-0.15, -0.1) is 0 Å². The van der Waals surface area contributed by atoms with Gasteiger partial charge in [0.05, 0.1) is 13.7 Å². The third-order valence-corrected chi connectivity index (χ3v) is 5.78. The summed E-state index contributed by atoms with van der Waals surface area (Å²) in [5, 5.41) is 0. The van der Waals surface area contributed by atoms with Crippen LogP contribution in [0.15, 0.2) is 48.5 Å². The number of piperazine rings is 1. The smallest absolute Gasteiger partial charge is 0.237 e. The predicted molar refractivity (Wildman–Crippen MR) is 112 cm³/mol. The van der Waals surface area contributed by atoms with Gasteiger partial charge in [0.1, 0.15) is 11.6 Å². The van der Waals surface area contributed by atoms with E-state index in [1.54, 1.807) is 19.2 Å². The van der Waals surface area contributed by atoms with E-state index < -0.39 is 0 Å². The highest BCUT2D eigenvalue weighted by Crippen LogP contribution is 2.29. The van der Waals surface area contributed by atoms with Crippen LogP contribution in [0.5, 0.6) is 5.75 Å². The number of benzene rings is 2. The van der Waals surface area contributed by atoms with E-state index >= 15 is 0 Å². The van der Waals surface area contributed by atoms with Crippen LogP contribution in [-0.2, 0) is 11.3 Å². The molecule has 1 saturated carbocycles. The van der Waals surface area contributed by atoms with Gasteiger partial charge in [0.25, 0.3) is 0 Å². The van der Waals surface area contributed by atoms with Gasteiger partial charge in [-0.25, -0.2) is 4.39 Å². The van der Waals surface area contributed by atoms with Crippen LogP contribution in [0.3, 0.4) is 0 Å². The first-order valence-corrected chi connectivity index (χ1v) is 10.3. The minimum absolute atomic E-state index is 0.105. The number of methoxy groups -OCH3 is 1. The van der Waals surface area contributed by atoms with Crippen LogP contribution in [0.4, 0.5) is 10.1 Å². The lowest BCUT2D eigenvalue weighted by atomic mass is 10.2. The van der Waals surface area contributed by atoms with Crippen molar-refractivity contribution in [2.45, 2.75) is 25.4 Å². The fourth-order valence-corrected chi connectivity index (χ4v) is 3.86. The highest BCUT2D eigenvalue weighted by Gasteiger charge is 2.34. The number of carbonyl (C=O) groups is 1. The van der Waals surface area contributed by atoms with E-state index in [1.807, 2.05) is 23.1 Å². The number of hydrogen-bond donors (Lipinski definition) is 0. The Kier molecular flexibility index (Phi) is 6.00. The van der Waals surface area contributed by atoms with Crippen LogP contribution in [-0.4, -0.2) is 61.6 Å². The second-order valence-corrected chi connectivity index (χ2v) is 7.81. The summed E-state index contributed by atoms with van der Waals surface area (Å²) in [6.07, 6.45) is 2.04. The molecule has 0 N–H and O–H groups in total. The van der Waals surface area contributed by atoms with Crippen LogP contribution < -0.4 is 9.64 Å². The van der Waals surface area contributed by atoms with E-state index in [0.717, 1.165) is 44.8 Å². The standard InChI is InChI=1S/C23H28FN3O2/c1-29-21-10-8-19(9-11-21)26-14-12-25(13-15-26)17-23(28)27(20-6-7-20)16-18-4-2-3-5-22(18)24/h2-5,8-11,20H,6-7,12-17H2,1H3. The van der Waals surface area contributed by atoms with E-state index in [1.165, 1.54) is 11.8 Å². The molecule has 0 unspecified atom stereocenters. The second-order valence-electron chi connectivity index (χ2n) is 7.81. The van der Waals surface area contributed by atoms with Crippen molar-refractivity contribution in [3.8, 4) is 5.75 Å². The third kappa shape index (κ3) is 4.88. The maximum atomic E-state index is 14.0. The third-order valence-electron chi connectivity index (χ3n) is 5.78. The van der Waals surface area contributed by atoms with Crippen molar-refractivity contribution in [1.29, 1.82) is 0 Å². The van der Waals surface area contributed by atoms with Gasteiger partial charge in [0, 0.05) is 50.0 Å². The van der Waals surface area contributed by atoms with Gasteiger partial charge in [0.15, 0.2) is 0 Å². The molecule has 1 amide bonds. The van der Waals surface area contributed by atoms with Crippen molar-refractivity contribution < 1.29 is 13.9 Å². The van der Waals surface area contributed by atoms with Crippen LogP contribution in [0.25, 0.3) is 0 Å². The summed E-state index contributed by atoms with van der Waals surface area (Å²) in [6, 6.07) is 15.1. The van der Waals surface area contributed by atoms with Gasteiger partial charge >= 0.3 is 0 Å². The first-order valence-electron chi connectivity index (χ1n) is 10.3. The number of hydrogen-bond acceptors (Lipinski definition) is 4. The first-order chi connectivity index (χ1) is 14.1. The predicted octanol–water partition coefficient (Wildman–Crippen LogP) is 3.15. The molecule has 1 aliphatic carbocycles. The fourth-order valence-electron chi connectivity index (χ4n) is 3.86. The highest BCUT2D eigenvalue weighted by atomic mass is 19.1. The molecule has 0 bridgehead atoms. The highest BCUT2D eigenvalue weighted by molar-refractivity contribution is 5.79. The second kappa shape index (κ2) is 8.82. The van der Waals surface area contributed by atoms with Crippen molar-refractivity contribution >= 4 is 11.6 Å². The van der Waals surface area contributed by atoms with E-state index in [2.05, 4.69) is 21.9 Å². The molecule has 2 aromatic carbocycles. The zero-order chi connectivity index (χ0) is 20.2. The van der Waals surface area contributed by atoms with Crippen molar-refractivity contribution in [3.05, 3.63) is 59.9 Å². The summed E-state index contributed by atoms with van der Waals surface area (Å²) in [5.74, 6) is 0.723. The minimum atomic E-state index is -0.237. The summed E-state index contributed by atoms with van der Waals surface area (Å²) in [7, 11) is 1.67. The molecule has 1 saturated heterocycles. The minimum Gasteiger partial charge on any atom is -0.497 e. The Labute approximate surface area is 171 Å². The average Bonchev–Trinajstić information content (AvgIpc) is 3.59. The quantitative estimate of drug-likeness (QED) is 0.719. The zero-order valence-electron chi connectivity index (χ0n) is 16.9. The molecule has 0 aromatic heterocycles. The summed E-state index contributed by atoms with van der Waals surface area (Å²) >= 11 is 0. The fraction of sp³-hybridized carbons (Fsp3) is 0.435. The molecule has 29 heavy (non-hydrogen) atoms. The average molecular weight is 397 g/mol. The number of ether oxygens (including phenoxy) is 1. The molecule has 0 atom stereocenters. The Morgan fingerprint density at radius 3 is 2.38 bits per heavy atom. The van der Waals surface area contributed by atoms with Crippen molar-refractivity contribution in [2.75, 3.05) is 44.7 Å². The lowest BCUT2D eigenvalue weighted by Gasteiger charge is -2.36. The zero-order valence-corrected chi connectivity index (χ0v) is 16.9. The Bertz CT molecular complexity index is 830. The lowest BCUT2D eigenvalue weighted by Crippen LogP contribution is -2.50. The molecule has 154 valence electrons. The molecule has 0 spiro atoms. The molecule has 5 nitrogen and oxygen atoms in total. The normalized spacial score (nSPS) is 17.2. The van der Waals surface area contributed by atoms with E-state index in [9.17, 15) is 9.18 Å². The summed E-state index contributed by atoms with van der Waals surface area (Å²) < 4.78 is 19.3. The topological polar surface area (TPSA) is 36.0 Å². The number of anilines is 1. The first kappa shape index (κ1) is 19.7. The van der Waals surface area contributed by atoms with Crippen molar-refractivity contribution in [3.63, 3.8) is 0 Å². The van der Waals surface area contributed by atoms with Crippen LogP contribution in [0, 0.1) is 5.82 Å². The Hall–Kier alpha value is -2.60. The molecule has 0 radical (unpaired) electrons.